The SMILES string of the molecule is CCn1cc(/C=c2/sc3n(c2=O)C(c2ccccc2)C(C(=O)Nc2ccccc2)=C(C)N=3)c(C)n1. The van der Waals surface area contributed by atoms with E-state index in [1.54, 1.807) is 4.57 Å². The van der Waals surface area contributed by atoms with Crippen molar-refractivity contribution in [2.45, 2.75) is 33.4 Å². The zero-order valence-corrected chi connectivity index (χ0v) is 20.5. The molecule has 0 radical (unpaired) electrons. The molecule has 1 aliphatic rings. The molecule has 2 aromatic heterocycles. The first-order valence-electron chi connectivity index (χ1n) is 11.4. The molecule has 5 rings (SSSR count). The lowest BCUT2D eigenvalue weighted by Gasteiger charge is -2.25. The van der Waals surface area contributed by atoms with Gasteiger partial charge in [-0.1, -0.05) is 59.9 Å². The van der Waals surface area contributed by atoms with Gasteiger partial charge in [0.25, 0.3) is 11.5 Å². The van der Waals surface area contributed by atoms with Crippen LogP contribution in [-0.2, 0) is 11.3 Å². The van der Waals surface area contributed by atoms with E-state index >= 15 is 0 Å². The predicted molar refractivity (Wildman–Crippen MR) is 138 cm³/mol. The van der Waals surface area contributed by atoms with Crippen molar-refractivity contribution >= 4 is 29.0 Å². The monoisotopic (exact) mass is 483 g/mol. The average molecular weight is 484 g/mol. The summed E-state index contributed by atoms with van der Waals surface area (Å²) in [5, 5.41) is 7.45. The summed E-state index contributed by atoms with van der Waals surface area (Å²) in [5.41, 5.74) is 4.16. The third-order valence-electron chi connectivity index (χ3n) is 6.01. The Balaban J connectivity index is 1.67. The summed E-state index contributed by atoms with van der Waals surface area (Å²) >= 11 is 1.33. The number of carbonyl (C=O) groups excluding carboxylic acids is 1. The second-order valence-electron chi connectivity index (χ2n) is 8.34. The predicted octanol–water partition coefficient (Wildman–Crippen LogP) is 3.40. The van der Waals surface area contributed by atoms with Crippen molar-refractivity contribution in [3.05, 3.63) is 115 Å². The lowest BCUT2D eigenvalue weighted by Crippen LogP contribution is -2.40. The summed E-state index contributed by atoms with van der Waals surface area (Å²) in [7, 11) is 0. The summed E-state index contributed by atoms with van der Waals surface area (Å²) in [6.07, 6.45) is 3.80. The molecular formula is C27H25N5O2S. The Hall–Kier alpha value is -4.04. The molecule has 4 aromatic rings. The van der Waals surface area contributed by atoms with Gasteiger partial charge in [-0.25, -0.2) is 4.99 Å². The third kappa shape index (κ3) is 4.28. The van der Waals surface area contributed by atoms with Gasteiger partial charge in [-0.15, -0.1) is 0 Å². The number of allylic oxidation sites excluding steroid dienone is 1. The molecule has 1 N–H and O–H groups in total. The zero-order chi connectivity index (χ0) is 24.5. The lowest BCUT2D eigenvalue weighted by atomic mass is 9.95. The number of aromatic nitrogens is 3. The molecule has 176 valence electrons. The van der Waals surface area contributed by atoms with E-state index in [9.17, 15) is 9.59 Å². The maximum Gasteiger partial charge on any atom is 0.271 e. The first kappa shape index (κ1) is 22.7. The van der Waals surface area contributed by atoms with Gasteiger partial charge in [0.15, 0.2) is 4.80 Å². The van der Waals surface area contributed by atoms with Gasteiger partial charge in [0.2, 0.25) is 0 Å². The molecule has 0 spiro atoms. The Bertz CT molecular complexity index is 1610. The summed E-state index contributed by atoms with van der Waals surface area (Å²) < 4.78 is 4.04. The number of nitrogens with one attached hydrogen (secondary N) is 1. The fourth-order valence-corrected chi connectivity index (χ4v) is 5.30. The number of rotatable bonds is 5. The van der Waals surface area contributed by atoms with E-state index in [2.05, 4.69) is 10.4 Å². The van der Waals surface area contributed by atoms with Crippen LogP contribution in [0.1, 0.15) is 36.7 Å². The van der Waals surface area contributed by atoms with E-state index in [0.29, 0.717) is 26.3 Å². The van der Waals surface area contributed by atoms with Crippen LogP contribution in [0, 0.1) is 6.92 Å². The zero-order valence-electron chi connectivity index (χ0n) is 19.7. The number of hydrogen-bond donors (Lipinski definition) is 1. The van der Waals surface area contributed by atoms with Gasteiger partial charge in [0.05, 0.1) is 27.5 Å². The molecule has 2 aromatic carbocycles. The number of para-hydroxylation sites is 1. The molecule has 1 aliphatic heterocycles. The number of carbonyl (C=O) groups is 1. The van der Waals surface area contributed by atoms with E-state index in [0.717, 1.165) is 23.4 Å². The van der Waals surface area contributed by atoms with Crippen LogP contribution in [0.5, 0.6) is 0 Å². The molecule has 0 bridgehead atoms. The van der Waals surface area contributed by atoms with Crippen molar-refractivity contribution in [2.24, 2.45) is 4.99 Å². The van der Waals surface area contributed by atoms with E-state index < -0.39 is 6.04 Å². The van der Waals surface area contributed by atoms with Gasteiger partial charge in [0.1, 0.15) is 0 Å². The molecular weight excluding hydrogens is 458 g/mol. The molecule has 0 saturated carbocycles. The minimum atomic E-state index is -0.585. The van der Waals surface area contributed by atoms with Gasteiger partial charge in [-0.05, 0) is 44.5 Å². The van der Waals surface area contributed by atoms with Crippen LogP contribution in [0.3, 0.4) is 0 Å². The number of nitrogens with zero attached hydrogens (tertiary/aromatic N) is 4. The Morgan fingerprint density at radius 1 is 1.09 bits per heavy atom. The Labute approximate surface area is 206 Å². The second-order valence-corrected chi connectivity index (χ2v) is 9.35. The average Bonchev–Trinajstić information content (AvgIpc) is 3.37. The number of thiazole rings is 1. The molecule has 0 aliphatic carbocycles. The molecule has 0 saturated heterocycles. The van der Waals surface area contributed by atoms with Crippen molar-refractivity contribution in [3.8, 4) is 0 Å². The smallest absolute Gasteiger partial charge is 0.271 e. The van der Waals surface area contributed by atoms with Crippen molar-refractivity contribution in [3.63, 3.8) is 0 Å². The van der Waals surface area contributed by atoms with Crippen molar-refractivity contribution in [2.75, 3.05) is 5.32 Å². The van der Waals surface area contributed by atoms with E-state index in [4.69, 9.17) is 4.99 Å². The van der Waals surface area contributed by atoms with Gasteiger partial charge < -0.3 is 5.32 Å². The van der Waals surface area contributed by atoms with Crippen LogP contribution in [0.4, 0.5) is 5.69 Å². The van der Waals surface area contributed by atoms with Crippen molar-refractivity contribution in [1.82, 2.24) is 14.3 Å². The number of anilines is 1. The first-order chi connectivity index (χ1) is 17.0. The van der Waals surface area contributed by atoms with Crippen LogP contribution in [0.15, 0.2) is 87.9 Å². The van der Waals surface area contributed by atoms with Crippen LogP contribution < -0.4 is 20.2 Å². The van der Waals surface area contributed by atoms with Gasteiger partial charge in [-0.2, -0.15) is 5.10 Å². The largest absolute Gasteiger partial charge is 0.322 e. The fraction of sp³-hybridized carbons (Fsp3) is 0.185. The standard InChI is InChI=1S/C27H25N5O2S/c1-4-31-16-20(17(2)30-31)15-22-26(34)32-24(19-11-7-5-8-12-19)23(18(3)28-27(32)35-22)25(33)29-21-13-9-6-10-14-21/h5-16,24H,4H2,1-3H3,(H,29,33)/b22-15+. The molecule has 0 fully saturated rings. The molecule has 1 unspecified atom stereocenters. The lowest BCUT2D eigenvalue weighted by molar-refractivity contribution is -0.113. The van der Waals surface area contributed by atoms with Gasteiger partial charge in [0, 0.05) is 24.0 Å². The van der Waals surface area contributed by atoms with Crippen LogP contribution in [0.25, 0.3) is 6.08 Å². The highest BCUT2D eigenvalue weighted by atomic mass is 32.1. The summed E-state index contributed by atoms with van der Waals surface area (Å²) in [5.74, 6) is -0.277. The quantitative estimate of drug-likeness (QED) is 0.472. The third-order valence-corrected chi connectivity index (χ3v) is 6.99. The fourth-order valence-electron chi connectivity index (χ4n) is 4.26. The Morgan fingerprint density at radius 2 is 1.77 bits per heavy atom. The van der Waals surface area contributed by atoms with Crippen LogP contribution >= 0.6 is 11.3 Å². The number of benzene rings is 2. The van der Waals surface area contributed by atoms with Crippen LogP contribution in [-0.4, -0.2) is 20.3 Å². The molecule has 1 atom stereocenters. The van der Waals surface area contributed by atoms with Gasteiger partial charge >= 0.3 is 0 Å². The highest BCUT2D eigenvalue weighted by molar-refractivity contribution is 7.07. The molecule has 7 nitrogen and oxygen atoms in total. The number of fused-ring (bicyclic) bond motifs is 1. The van der Waals surface area contributed by atoms with E-state index in [1.165, 1.54) is 11.3 Å². The maximum atomic E-state index is 13.7. The van der Waals surface area contributed by atoms with E-state index in [-0.39, 0.29) is 11.5 Å². The first-order valence-corrected chi connectivity index (χ1v) is 12.3. The topological polar surface area (TPSA) is 81.3 Å². The molecule has 35 heavy (non-hydrogen) atoms. The van der Waals surface area contributed by atoms with Gasteiger partial charge in [-0.3, -0.25) is 18.8 Å². The second kappa shape index (κ2) is 9.31. The molecule has 1 amide bonds. The highest BCUT2D eigenvalue weighted by Gasteiger charge is 2.32. The summed E-state index contributed by atoms with van der Waals surface area (Å²) in [6.45, 7) is 6.53. The van der Waals surface area contributed by atoms with Crippen molar-refractivity contribution < 1.29 is 4.79 Å². The normalized spacial score (nSPS) is 15.6. The molecule has 8 heteroatoms. The number of amides is 1. The number of aryl methyl sites for hydroxylation is 2. The summed E-state index contributed by atoms with van der Waals surface area (Å²) in [6, 6.07) is 18.3. The minimum absolute atomic E-state index is 0.177. The number of hydrogen-bond acceptors (Lipinski definition) is 5. The van der Waals surface area contributed by atoms with Crippen LogP contribution in [0.2, 0.25) is 0 Å². The molecule has 3 heterocycles. The summed E-state index contributed by atoms with van der Waals surface area (Å²) in [4.78, 5) is 32.5. The minimum Gasteiger partial charge on any atom is -0.322 e. The Morgan fingerprint density at radius 3 is 2.43 bits per heavy atom. The van der Waals surface area contributed by atoms with Crippen molar-refractivity contribution in [1.29, 1.82) is 0 Å². The van der Waals surface area contributed by atoms with E-state index in [1.807, 2.05) is 98.4 Å². The Kier molecular flexibility index (Phi) is 6.05. The highest BCUT2D eigenvalue weighted by Crippen LogP contribution is 2.30. The maximum absolute atomic E-state index is 13.7.